The lowest BCUT2D eigenvalue weighted by Crippen LogP contribution is -2.30. The lowest BCUT2D eigenvalue weighted by molar-refractivity contribution is -0.137. The van der Waals surface area contributed by atoms with Gasteiger partial charge in [-0.15, -0.1) is 0 Å². The number of rotatable bonds is 7. The number of hydrogen-bond acceptors (Lipinski definition) is 4. The van der Waals surface area contributed by atoms with E-state index in [1.807, 2.05) is 53.4 Å². The molecule has 0 radical (unpaired) electrons. The van der Waals surface area contributed by atoms with Gasteiger partial charge in [0.1, 0.15) is 11.5 Å². The monoisotopic (exact) mass is 538 g/mol. The predicted octanol–water partition coefficient (Wildman–Crippen LogP) is 8.28. The largest absolute Gasteiger partial charge is 0.508 e. The molecule has 4 nitrogen and oxygen atoms in total. The van der Waals surface area contributed by atoms with Crippen molar-refractivity contribution in [3.63, 3.8) is 0 Å². The van der Waals surface area contributed by atoms with Gasteiger partial charge in [-0.3, -0.25) is 0 Å². The molecule has 0 aliphatic heterocycles. The molecule has 8 heteroatoms. The van der Waals surface area contributed by atoms with E-state index in [1.165, 1.54) is 23.9 Å². The summed E-state index contributed by atoms with van der Waals surface area (Å²) in [5, 5.41) is 20.2. The Bertz CT molecular complexity index is 1330. The maximum Gasteiger partial charge on any atom is 0.416 e. The lowest BCUT2D eigenvalue weighted by atomic mass is 10.1. The van der Waals surface area contributed by atoms with Crippen LogP contribution in [0.2, 0.25) is 0 Å². The van der Waals surface area contributed by atoms with E-state index in [9.17, 15) is 23.4 Å². The number of nitrogens with zero attached hydrogens (tertiary/aromatic N) is 2. The second-order valence-corrected chi connectivity index (χ2v) is 9.40. The number of amidine groups is 1. The predicted molar refractivity (Wildman–Crippen MR) is 148 cm³/mol. The molecule has 0 heterocycles. The molecule has 2 N–H and O–H groups in total. The van der Waals surface area contributed by atoms with Crippen molar-refractivity contribution in [1.29, 1.82) is 0 Å². The van der Waals surface area contributed by atoms with E-state index >= 15 is 0 Å². The summed E-state index contributed by atoms with van der Waals surface area (Å²) in [5.41, 5.74) is 1.55. The Kier molecular flexibility index (Phi) is 9.85. The van der Waals surface area contributed by atoms with Crippen LogP contribution in [0.25, 0.3) is 0 Å². The molecule has 198 valence electrons. The van der Waals surface area contributed by atoms with Crippen molar-refractivity contribution in [2.24, 2.45) is 4.99 Å². The zero-order valence-electron chi connectivity index (χ0n) is 19.8. The maximum absolute atomic E-state index is 13.1. The highest BCUT2D eigenvalue weighted by atomic mass is 32.2. The Morgan fingerprint density at radius 2 is 1.45 bits per heavy atom. The van der Waals surface area contributed by atoms with Gasteiger partial charge in [0.05, 0.1) is 11.3 Å². The van der Waals surface area contributed by atoms with E-state index < -0.39 is 11.7 Å². The van der Waals surface area contributed by atoms with E-state index in [4.69, 9.17) is 4.99 Å². The van der Waals surface area contributed by atoms with E-state index in [1.54, 1.807) is 30.3 Å². The van der Waals surface area contributed by atoms with Crippen molar-refractivity contribution in [3.05, 3.63) is 120 Å². The molecule has 0 unspecified atom stereocenters. The number of phenolic OH excluding ortho intramolecular Hbond substituents is 2. The third kappa shape index (κ3) is 8.31. The van der Waals surface area contributed by atoms with Crippen molar-refractivity contribution in [2.75, 3.05) is 6.54 Å². The van der Waals surface area contributed by atoms with Crippen LogP contribution in [0.15, 0.2) is 113 Å². The highest BCUT2D eigenvalue weighted by molar-refractivity contribution is 8.13. The van der Waals surface area contributed by atoms with E-state index in [0.29, 0.717) is 30.4 Å². The third-order valence-electron chi connectivity index (χ3n) is 5.53. The van der Waals surface area contributed by atoms with Gasteiger partial charge >= 0.3 is 6.18 Å². The van der Waals surface area contributed by atoms with E-state index in [0.717, 1.165) is 28.2 Å². The van der Waals surface area contributed by atoms with Crippen LogP contribution in [0.1, 0.15) is 24.1 Å². The molecule has 0 aliphatic rings. The van der Waals surface area contributed by atoms with Crippen LogP contribution in [-0.2, 0) is 19.1 Å². The number of alkyl halides is 3. The first-order valence-electron chi connectivity index (χ1n) is 11.6. The minimum absolute atomic E-state index is 0. The smallest absolute Gasteiger partial charge is 0.416 e. The average molecular weight is 539 g/mol. The zero-order chi connectivity index (χ0) is 26.3. The fourth-order valence-corrected chi connectivity index (χ4v) is 4.57. The fourth-order valence-electron chi connectivity index (χ4n) is 3.63. The van der Waals surface area contributed by atoms with Crippen LogP contribution in [0.4, 0.5) is 18.9 Å². The zero-order valence-corrected chi connectivity index (χ0v) is 20.6. The second-order valence-electron chi connectivity index (χ2n) is 8.36. The van der Waals surface area contributed by atoms with Crippen molar-refractivity contribution in [2.45, 2.75) is 31.5 Å². The minimum atomic E-state index is -4.42. The van der Waals surface area contributed by atoms with E-state index in [-0.39, 0.29) is 18.9 Å². The van der Waals surface area contributed by atoms with Crippen molar-refractivity contribution >= 4 is 22.6 Å². The highest BCUT2D eigenvalue weighted by Gasteiger charge is 2.30. The summed E-state index contributed by atoms with van der Waals surface area (Å²) in [6.45, 7) is 0.988. The Morgan fingerprint density at radius 3 is 2.08 bits per heavy atom. The maximum atomic E-state index is 13.1. The molecule has 4 rings (SSSR count). The topological polar surface area (TPSA) is 56.1 Å². The molecule has 0 aromatic heterocycles. The number of phenols is 2. The molecule has 0 spiro atoms. The summed E-state index contributed by atoms with van der Waals surface area (Å²) in [7, 11) is 0. The molecule has 4 aromatic carbocycles. The summed E-state index contributed by atoms with van der Waals surface area (Å²) in [5.74, 6) is 0.340. The highest BCUT2D eigenvalue weighted by Crippen LogP contribution is 2.32. The molecule has 0 fully saturated rings. The van der Waals surface area contributed by atoms with Crippen LogP contribution >= 0.6 is 11.8 Å². The van der Waals surface area contributed by atoms with Gasteiger partial charge in [-0.05, 0) is 78.2 Å². The van der Waals surface area contributed by atoms with Gasteiger partial charge in [-0.1, -0.05) is 61.7 Å². The molecular formula is C30H29F3N2O2S. The molecular weight excluding hydrogens is 509 g/mol. The number of aromatic hydroxyl groups is 2. The van der Waals surface area contributed by atoms with Crippen LogP contribution in [0.3, 0.4) is 0 Å². The number of benzene rings is 4. The molecule has 4 aromatic rings. The molecule has 0 atom stereocenters. The van der Waals surface area contributed by atoms with Crippen LogP contribution in [0, 0.1) is 0 Å². The summed E-state index contributed by atoms with van der Waals surface area (Å²) in [4.78, 5) is 7.74. The van der Waals surface area contributed by atoms with Gasteiger partial charge < -0.3 is 15.1 Å². The van der Waals surface area contributed by atoms with Crippen molar-refractivity contribution in [1.82, 2.24) is 4.90 Å². The molecule has 0 aliphatic carbocycles. The Morgan fingerprint density at radius 1 is 0.763 bits per heavy atom. The number of thioether (sulfide) groups is 1. The number of halogens is 3. The van der Waals surface area contributed by atoms with Crippen LogP contribution in [0.5, 0.6) is 11.5 Å². The number of hydrogen-bond donors (Lipinski definition) is 2. The lowest BCUT2D eigenvalue weighted by Gasteiger charge is -2.26. The first-order chi connectivity index (χ1) is 17.8. The SMILES string of the molecule is C.Oc1ccc(CN(CCc2cccc(O)c2)C(=Nc2ccc(C(F)(F)F)cc2)Sc2ccccc2)cc1. The van der Waals surface area contributed by atoms with E-state index in [2.05, 4.69) is 0 Å². The standard InChI is InChI=1S/C29H25F3N2O2S.CH4/c30-29(31,32)23-11-13-24(14-12-23)33-28(37-27-7-2-1-3-8-27)34(20-22-9-15-25(35)16-10-22)18-17-21-5-4-6-26(36)19-21;/h1-16,19,35-36H,17-18,20H2;1H4. The Labute approximate surface area is 225 Å². The van der Waals surface area contributed by atoms with Crippen molar-refractivity contribution < 1.29 is 23.4 Å². The fraction of sp³-hybridized carbons (Fsp3) is 0.167. The second kappa shape index (κ2) is 13.1. The van der Waals surface area contributed by atoms with Gasteiger partial charge in [0.25, 0.3) is 0 Å². The Balaban J connectivity index is 0.00000400. The summed E-state index contributed by atoms with van der Waals surface area (Å²) >= 11 is 1.42. The van der Waals surface area contributed by atoms with Crippen LogP contribution < -0.4 is 0 Å². The average Bonchev–Trinajstić information content (AvgIpc) is 2.88. The van der Waals surface area contributed by atoms with Crippen LogP contribution in [-0.4, -0.2) is 26.8 Å². The molecule has 0 saturated heterocycles. The third-order valence-corrected chi connectivity index (χ3v) is 6.57. The van der Waals surface area contributed by atoms with Gasteiger partial charge in [-0.2, -0.15) is 13.2 Å². The Hall–Kier alpha value is -3.91. The summed E-state index contributed by atoms with van der Waals surface area (Å²) in [6.07, 6.45) is -3.82. The first kappa shape index (κ1) is 28.7. The normalized spacial score (nSPS) is 11.6. The molecule has 0 bridgehead atoms. The molecule has 0 saturated carbocycles. The minimum Gasteiger partial charge on any atom is -0.508 e. The summed E-state index contributed by atoms with van der Waals surface area (Å²) < 4.78 is 39.2. The first-order valence-corrected chi connectivity index (χ1v) is 12.4. The molecule has 38 heavy (non-hydrogen) atoms. The number of aliphatic imine (C=N–C) groups is 1. The van der Waals surface area contributed by atoms with Gasteiger partial charge in [0.2, 0.25) is 0 Å². The quantitative estimate of drug-likeness (QED) is 0.141. The van der Waals surface area contributed by atoms with Gasteiger partial charge in [0.15, 0.2) is 5.17 Å². The molecule has 0 amide bonds. The van der Waals surface area contributed by atoms with Gasteiger partial charge in [-0.25, -0.2) is 4.99 Å². The summed E-state index contributed by atoms with van der Waals surface area (Å²) in [6, 6.07) is 28.3. The van der Waals surface area contributed by atoms with Gasteiger partial charge in [0, 0.05) is 18.0 Å². The van der Waals surface area contributed by atoms with Crippen molar-refractivity contribution in [3.8, 4) is 11.5 Å².